The Morgan fingerprint density at radius 2 is 1.07 bits per heavy atom. The summed E-state index contributed by atoms with van der Waals surface area (Å²) < 4.78 is 12.5. The van der Waals surface area contributed by atoms with Crippen LogP contribution in [0.4, 0.5) is 0 Å². The van der Waals surface area contributed by atoms with Crippen LogP contribution in [0.15, 0.2) is 61.1 Å². The van der Waals surface area contributed by atoms with E-state index < -0.39 is 0 Å². The van der Waals surface area contributed by atoms with Gasteiger partial charge >= 0.3 is 0 Å². The van der Waals surface area contributed by atoms with Gasteiger partial charge in [0.15, 0.2) is 0 Å². The fraction of sp³-hybridized carbons (Fsp3) is 0.357. The minimum atomic E-state index is 0.912. The molecule has 0 aliphatic carbocycles. The van der Waals surface area contributed by atoms with E-state index in [1.54, 1.807) is 0 Å². The highest BCUT2D eigenvalue weighted by molar-refractivity contribution is 6.11. The Kier molecular flexibility index (Phi) is 7.96. The van der Waals surface area contributed by atoms with E-state index in [2.05, 4.69) is 76.2 Å². The van der Waals surface area contributed by atoms with Crippen molar-refractivity contribution in [2.45, 2.75) is 66.2 Å². The van der Waals surface area contributed by atoms with Gasteiger partial charge in [0.2, 0.25) is 0 Å². The highest BCUT2D eigenvalue weighted by Crippen LogP contribution is 2.44. The van der Waals surface area contributed by atoms with Crippen molar-refractivity contribution in [2.24, 2.45) is 0 Å². The number of unbranched alkanes of at least 4 members (excludes halogenated alkanes) is 2. The average molecular weight is 403 g/mol. The van der Waals surface area contributed by atoms with Crippen LogP contribution in [0.1, 0.15) is 64.5 Å². The summed E-state index contributed by atoms with van der Waals surface area (Å²) in [6.07, 6.45) is 14.1. The van der Waals surface area contributed by atoms with Gasteiger partial charge in [-0.15, -0.1) is 0 Å². The molecule has 2 heteroatoms. The Bertz CT molecular complexity index is 960. The number of benzene rings is 3. The molecule has 0 saturated heterocycles. The molecule has 0 radical (unpaired) electrons. The normalized spacial score (nSPS) is 11.9. The quantitative estimate of drug-likeness (QED) is 0.250. The second kappa shape index (κ2) is 10.9. The summed E-state index contributed by atoms with van der Waals surface area (Å²) in [4.78, 5) is 0. The highest BCUT2D eigenvalue weighted by Gasteiger charge is 2.17. The Labute approximate surface area is 181 Å². The van der Waals surface area contributed by atoms with E-state index in [0.717, 1.165) is 71.6 Å². The maximum Gasteiger partial charge on any atom is 0.142 e. The summed E-state index contributed by atoms with van der Waals surface area (Å²) in [5.41, 5.74) is 2.74. The smallest absolute Gasteiger partial charge is 0.142 e. The van der Waals surface area contributed by atoms with Crippen molar-refractivity contribution in [3.63, 3.8) is 0 Å². The molecule has 0 fully saturated rings. The van der Waals surface area contributed by atoms with E-state index in [4.69, 9.17) is 9.47 Å². The van der Waals surface area contributed by atoms with E-state index in [-0.39, 0.29) is 0 Å². The van der Waals surface area contributed by atoms with E-state index >= 15 is 0 Å². The van der Waals surface area contributed by atoms with Crippen LogP contribution in [-0.2, 0) is 12.8 Å². The number of fused-ring (bicyclic) bond motifs is 2. The summed E-state index contributed by atoms with van der Waals surface area (Å²) in [6.45, 7) is 8.78. The van der Waals surface area contributed by atoms with Crippen LogP contribution in [-0.4, -0.2) is 0 Å². The molecule has 30 heavy (non-hydrogen) atoms. The van der Waals surface area contributed by atoms with E-state index in [1.807, 2.05) is 12.5 Å². The molecule has 0 atom stereocenters. The van der Waals surface area contributed by atoms with Crippen molar-refractivity contribution >= 4 is 21.5 Å². The van der Waals surface area contributed by atoms with Gasteiger partial charge < -0.3 is 9.47 Å². The van der Waals surface area contributed by atoms with Gasteiger partial charge in [0.25, 0.3) is 0 Å². The molecule has 0 aliphatic heterocycles. The Hall–Kier alpha value is -2.74. The Morgan fingerprint density at radius 3 is 1.43 bits per heavy atom. The second-order valence-electron chi connectivity index (χ2n) is 7.63. The third-order valence-electron chi connectivity index (χ3n) is 5.48. The molecule has 0 unspecified atom stereocenters. The molecule has 3 aromatic rings. The predicted molar refractivity (Wildman–Crippen MR) is 130 cm³/mol. The molecular weight excluding hydrogens is 368 g/mol. The summed E-state index contributed by atoms with van der Waals surface area (Å²) in [5.74, 6) is 1.82. The van der Waals surface area contributed by atoms with Gasteiger partial charge in [0.1, 0.15) is 11.5 Å². The standard InChI is InChI=1S/C28H34O2/c1-5-9-13-17-29-27-23-15-11-12-16-24(23)28(30-18-14-10-6-2)26-20-22(8-4)21(7-3)19-25(26)27/h11-20H,5-10H2,1-4H3/b17-13+,18-14+. The third-order valence-corrected chi connectivity index (χ3v) is 5.48. The van der Waals surface area contributed by atoms with Crippen LogP contribution in [0, 0.1) is 0 Å². The zero-order valence-corrected chi connectivity index (χ0v) is 18.8. The maximum atomic E-state index is 6.25. The minimum absolute atomic E-state index is 0.912. The van der Waals surface area contributed by atoms with E-state index in [1.165, 1.54) is 11.1 Å². The van der Waals surface area contributed by atoms with E-state index in [9.17, 15) is 0 Å². The lowest BCUT2D eigenvalue weighted by Crippen LogP contribution is -1.97. The number of rotatable bonds is 10. The molecule has 3 aromatic carbocycles. The van der Waals surface area contributed by atoms with Gasteiger partial charge in [-0.25, -0.2) is 0 Å². The molecule has 0 spiro atoms. The summed E-state index contributed by atoms with van der Waals surface area (Å²) in [6, 6.07) is 13.0. The first kappa shape index (κ1) is 22.0. The SMILES string of the molecule is CCC/C=C/Oc1c2ccccc2c(O/C=C/CCC)c2cc(CC)c(CC)cc12. The largest absolute Gasteiger partial charge is 0.464 e. The number of hydrogen-bond acceptors (Lipinski definition) is 2. The fourth-order valence-electron chi connectivity index (χ4n) is 3.85. The lowest BCUT2D eigenvalue weighted by Gasteiger charge is -2.18. The molecule has 0 N–H and O–H groups in total. The molecule has 158 valence electrons. The third kappa shape index (κ3) is 4.70. The van der Waals surface area contributed by atoms with Gasteiger partial charge in [0, 0.05) is 21.5 Å². The van der Waals surface area contributed by atoms with Crippen molar-refractivity contribution in [1.82, 2.24) is 0 Å². The number of allylic oxidation sites excluding steroid dienone is 2. The van der Waals surface area contributed by atoms with Crippen LogP contribution in [0.3, 0.4) is 0 Å². The van der Waals surface area contributed by atoms with Gasteiger partial charge in [-0.3, -0.25) is 0 Å². The summed E-state index contributed by atoms with van der Waals surface area (Å²) in [7, 11) is 0. The van der Waals surface area contributed by atoms with Crippen molar-refractivity contribution in [3.8, 4) is 11.5 Å². The van der Waals surface area contributed by atoms with Crippen LogP contribution in [0.5, 0.6) is 11.5 Å². The lowest BCUT2D eigenvalue weighted by atomic mass is 9.94. The zero-order valence-electron chi connectivity index (χ0n) is 18.8. The molecule has 0 aliphatic rings. The molecule has 0 aromatic heterocycles. The van der Waals surface area contributed by atoms with Gasteiger partial charge in [0.05, 0.1) is 12.5 Å². The van der Waals surface area contributed by atoms with Crippen molar-refractivity contribution in [1.29, 1.82) is 0 Å². The van der Waals surface area contributed by atoms with Gasteiger partial charge in [-0.1, -0.05) is 64.8 Å². The summed E-state index contributed by atoms with van der Waals surface area (Å²) >= 11 is 0. The molecule has 0 amide bonds. The highest BCUT2D eigenvalue weighted by atomic mass is 16.5. The number of aryl methyl sites for hydroxylation is 2. The Morgan fingerprint density at radius 1 is 0.633 bits per heavy atom. The van der Waals surface area contributed by atoms with Crippen molar-refractivity contribution < 1.29 is 9.47 Å². The maximum absolute atomic E-state index is 6.25. The summed E-state index contributed by atoms with van der Waals surface area (Å²) in [5, 5.41) is 4.39. The predicted octanol–water partition coefficient (Wildman–Crippen LogP) is 8.50. The average Bonchev–Trinajstić information content (AvgIpc) is 2.79. The monoisotopic (exact) mass is 402 g/mol. The number of ether oxygens (including phenoxy) is 2. The van der Waals surface area contributed by atoms with Crippen LogP contribution in [0.25, 0.3) is 21.5 Å². The fourth-order valence-corrected chi connectivity index (χ4v) is 3.85. The second-order valence-corrected chi connectivity index (χ2v) is 7.63. The first-order chi connectivity index (χ1) is 14.7. The molecule has 0 saturated carbocycles. The minimum Gasteiger partial charge on any atom is -0.464 e. The first-order valence-electron chi connectivity index (χ1n) is 11.4. The van der Waals surface area contributed by atoms with Crippen LogP contribution in [0.2, 0.25) is 0 Å². The lowest BCUT2D eigenvalue weighted by molar-refractivity contribution is 0.481. The topological polar surface area (TPSA) is 18.5 Å². The molecule has 2 nitrogen and oxygen atoms in total. The van der Waals surface area contributed by atoms with Crippen LogP contribution >= 0.6 is 0 Å². The zero-order chi connectivity index (χ0) is 21.3. The van der Waals surface area contributed by atoms with E-state index in [0.29, 0.717) is 0 Å². The molecule has 0 heterocycles. The van der Waals surface area contributed by atoms with Crippen molar-refractivity contribution in [3.05, 3.63) is 72.2 Å². The molecular formula is C28H34O2. The molecule has 3 rings (SSSR count). The molecule has 0 bridgehead atoms. The number of hydrogen-bond donors (Lipinski definition) is 0. The van der Waals surface area contributed by atoms with Crippen LogP contribution < -0.4 is 9.47 Å². The first-order valence-corrected chi connectivity index (χ1v) is 11.4. The van der Waals surface area contributed by atoms with Gasteiger partial charge in [-0.2, -0.15) is 0 Å². The Balaban J connectivity index is 2.29. The van der Waals surface area contributed by atoms with Gasteiger partial charge in [-0.05, 0) is 61.1 Å². The van der Waals surface area contributed by atoms with Crippen molar-refractivity contribution in [2.75, 3.05) is 0 Å².